The van der Waals surface area contributed by atoms with Crippen LogP contribution in [0.25, 0.3) is 0 Å². The quantitative estimate of drug-likeness (QED) is 0.773. The summed E-state index contributed by atoms with van der Waals surface area (Å²) in [6.07, 6.45) is -1.54. The molecule has 0 aliphatic carbocycles. The first-order valence-corrected chi connectivity index (χ1v) is 6.61. The van der Waals surface area contributed by atoms with Gasteiger partial charge in [-0.15, -0.1) is 0 Å². The normalized spacial score (nSPS) is 11.6. The number of halogens is 4. The summed E-state index contributed by atoms with van der Waals surface area (Å²) in [5, 5.41) is 3.10. The van der Waals surface area contributed by atoms with Crippen molar-refractivity contribution in [3.05, 3.63) is 16.5 Å². The molecular formula is C11H15BrF3N3O. The molecule has 1 aromatic heterocycles. The smallest absolute Gasteiger partial charge is 0.372 e. The zero-order chi connectivity index (χ0) is 14.3. The molecule has 19 heavy (non-hydrogen) atoms. The molecule has 0 aromatic carbocycles. The molecule has 0 aliphatic rings. The molecule has 108 valence electrons. The zero-order valence-electron chi connectivity index (χ0n) is 10.4. The summed E-state index contributed by atoms with van der Waals surface area (Å²) in [6.45, 7) is 1.48. The third-order valence-electron chi connectivity index (χ3n) is 2.07. The van der Waals surface area contributed by atoms with Gasteiger partial charge in [-0.2, -0.15) is 13.2 Å². The number of aromatic nitrogens is 2. The molecule has 1 aromatic rings. The lowest BCUT2D eigenvalue weighted by Crippen LogP contribution is -2.18. The lowest BCUT2D eigenvalue weighted by atomic mass is 10.4. The Balaban J connectivity index is 2.45. The average Bonchev–Trinajstić information content (AvgIpc) is 2.33. The summed E-state index contributed by atoms with van der Waals surface area (Å²) in [5.74, 6) is 1.09. The fraction of sp³-hybridized carbons (Fsp3) is 0.636. The number of hydrogen-bond donors (Lipinski definition) is 1. The van der Waals surface area contributed by atoms with E-state index < -0.39 is 12.8 Å². The average molecular weight is 342 g/mol. The summed E-state index contributed by atoms with van der Waals surface area (Å²) in [6, 6.07) is 0. The van der Waals surface area contributed by atoms with Crippen LogP contribution in [-0.2, 0) is 11.2 Å². The van der Waals surface area contributed by atoms with Crippen LogP contribution in [0.3, 0.4) is 0 Å². The molecule has 1 N–H and O–H groups in total. The van der Waals surface area contributed by atoms with Gasteiger partial charge in [0.15, 0.2) is 0 Å². The SMILES string of the molecule is CCCNc1nc(CCOCC(F)(F)F)ncc1Br. The van der Waals surface area contributed by atoms with E-state index in [1.807, 2.05) is 6.92 Å². The van der Waals surface area contributed by atoms with E-state index in [1.165, 1.54) is 0 Å². The van der Waals surface area contributed by atoms with Gasteiger partial charge in [0, 0.05) is 19.2 Å². The maximum absolute atomic E-state index is 11.9. The Bertz CT molecular complexity index is 401. The molecule has 0 radical (unpaired) electrons. The van der Waals surface area contributed by atoms with Crippen LogP contribution in [0.2, 0.25) is 0 Å². The largest absolute Gasteiger partial charge is 0.411 e. The minimum absolute atomic E-state index is 0.0612. The molecule has 0 saturated carbocycles. The second-order valence-electron chi connectivity index (χ2n) is 3.83. The van der Waals surface area contributed by atoms with Crippen molar-refractivity contribution in [2.24, 2.45) is 0 Å². The van der Waals surface area contributed by atoms with Crippen LogP contribution in [0.1, 0.15) is 19.2 Å². The van der Waals surface area contributed by atoms with Gasteiger partial charge in [-0.05, 0) is 22.4 Å². The molecule has 0 aliphatic heterocycles. The minimum Gasteiger partial charge on any atom is -0.372 e. The van der Waals surface area contributed by atoms with Gasteiger partial charge in [0.25, 0.3) is 0 Å². The van der Waals surface area contributed by atoms with E-state index in [0.717, 1.165) is 17.4 Å². The molecule has 0 fully saturated rings. The van der Waals surface area contributed by atoms with Gasteiger partial charge >= 0.3 is 6.18 Å². The predicted octanol–water partition coefficient (Wildman–Crippen LogP) is 3.18. The van der Waals surface area contributed by atoms with Crippen molar-refractivity contribution in [3.8, 4) is 0 Å². The second kappa shape index (κ2) is 7.64. The Labute approximate surface area is 117 Å². The van der Waals surface area contributed by atoms with Crippen molar-refractivity contribution in [1.82, 2.24) is 9.97 Å². The van der Waals surface area contributed by atoms with Gasteiger partial charge in [-0.25, -0.2) is 9.97 Å². The minimum atomic E-state index is -4.30. The van der Waals surface area contributed by atoms with Crippen LogP contribution in [-0.4, -0.2) is 35.9 Å². The predicted molar refractivity (Wildman–Crippen MR) is 69.1 cm³/mol. The molecule has 1 heterocycles. The standard InChI is InChI=1S/C11H15BrF3N3O/c1-2-4-16-10-8(12)6-17-9(18-10)3-5-19-7-11(13,14)15/h6H,2-5,7H2,1H3,(H,16,17,18). The van der Waals surface area contributed by atoms with Crippen molar-refractivity contribution in [2.45, 2.75) is 25.9 Å². The lowest BCUT2D eigenvalue weighted by Gasteiger charge is -2.09. The lowest BCUT2D eigenvalue weighted by molar-refractivity contribution is -0.173. The Kier molecular flexibility index (Phi) is 6.50. The first kappa shape index (κ1) is 16.2. The number of nitrogens with one attached hydrogen (secondary N) is 1. The summed E-state index contributed by atoms with van der Waals surface area (Å²) < 4.78 is 40.8. The monoisotopic (exact) mass is 341 g/mol. The van der Waals surface area contributed by atoms with Gasteiger partial charge in [-0.3, -0.25) is 0 Å². The van der Waals surface area contributed by atoms with Crippen LogP contribution in [0.5, 0.6) is 0 Å². The molecule has 0 unspecified atom stereocenters. The van der Waals surface area contributed by atoms with E-state index in [-0.39, 0.29) is 13.0 Å². The van der Waals surface area contributed by atoms with Gasteiger partial charge in [0.05, 0.1) is 11.1 Å². The van der Waals surface area contributed by atoms with E-state index >= 15 is 0 Å². The van der Waals surface area contributed by atoms with Gasteiger partial charge < -0.3 is 10.1 Å². The van der Waals surface area contributed by atoms with Crippen LogP contribution in [0, 0.1) is 0 Å². The third kappa shape index (κ3) is 6.72. The highest BCUT2D eigenvalue weighted by atomic mass is 79.9. The summed E-state index contributed by atoms with van der Waals surface area (Å²) in [7, 11) is 0. The Morgan fingerprint density at radius 2 is 2.16 bits per heavy atom. The summed E-state index contributed by atoms with van der Waals surface area (Å²) in [4.78, 5) is 8.24. The van der Waals surface area contributed by atoms with Crippen molar-refractivity contribution < 1.29 is 17.9 Å². The molecule has 4 nitrogen and oxygen atoms in total. The van der Waals surface area contributed by atoms with Crippen LogP contribution >= 0.6 is 15.9 Å². The van der Waals surface area contributed by atoms with Crippen LogP contribution in [0.15, 0.2) is 10.7 Å². The number of rotatable bonds is 7. The topological polar surface area (TPSA) is 47.0 Å². The maximum atomic E-state index is 11.9. The summed E-state index contributed by atoms with van der Waals surface area (Å²) in [5.41, 5.74) is 0. The van der Waals surface area contributed by atoms with E-state index in [2.05, 4.69) is 36.0 Å². The maximum Gasteiger partial charge on any atom is 0.411 e. The fourth-order valence-electron chi connectivity index (χ4n) is 1.24. The second-order valence-corrected chi connectivity index (χ2v) is 4.68. The number of anilines is 1. The summed E-state index contributed by atoms with van der Waals surface area (Å²) >= 11 is 3.30. The molecule has 0 atom stereocenters. The third-order valence-corrected chi connectivity index (χ3v) is 2.65. The van der Waals surface area contributed by atoms with Crippen LogP contribution in [0.4, 0.5) is 19.0 Å². The van der Waals surface area contributed by atoms with Gasteiger partial charge in [0.1, 0.15) is 18.2 Å². The number of nitrogens with zero attached hydrogens (tertiary/aromatic N) is 2. The van der Waals surface area contributed by atoms with Crippen molar-refractivity contribution in [2.75, 3.05) is 25.1 Å². The Hall–Kier alpha value is -0.890. The molecule has 8 heteroatoms. The highest BCUT2D eigenvalue weighted by Gasteiger charge is 2.27. The fourth-order valence-corrected chi connectivity index (χ4v) is 1.57. The van der Waals surface area contributed by atoms with E-state index in [9.17, 15) is 13.2 Å². The number of ether oxygens (including phenoxy) is 1. The highest BCUT2D eigenvalue weighted by molar-refractivity contribution is 9.10. The van der Waals surface area contributed by atoms with Crippen molar-refractivity contribution in [3.63, 3.8) is 0 Å². The van der Waals surface area contributed by atoms with Crippen molar-refractivity contribution in [1.29, 1.82) is 0 Å². The molecular weight excluding hydrogens is 327 g/mol. The zero-order valence-corrected chi connectivity index (χ0v) is 12.0. The van der Waals surface area contributed by atoms with E-state index in [0.29, 0.717) is 11.6 Å². The molecule has 0 amide bonds. The number of alkyl halides is 3. The first-order valence-electron chi connectivity index (χ1n) is 5.82. The molecule has 0 bridgehead atoms. The number of hydrogen-bond acceptors (Lipinski definition) is 4. The van der Waals surface area contributed by atoms with Gasteiger partial charge in [-0.1, -0.05) is 6.92 Å². The van der Waals surface area contributed by atoms with Gasteiger partial charge in [0.2, 0.25) is 0 Å². The van der Waals surface area contributed by atoms with Crippen molar-refractivity contribution >= 4 is 21.7 Å². The molecule has 0 saturated heterocycles. The molecule has 1 rings (SSSR count). The highest BCUT2D eigenvalue weighted by Crippen LogP contribution is 2.19. The Morgan fingerprint density at radius 1 is 1.42 bits per heavy atom. The Morgan fingerprint density at radius 3 is 2.79 bits per heavy atom. The van der Waals surface area contributed by atoms with Crippen LogP contribution < -0.4 is 5.32 Å². The van der Waals surface area contributed by atoms with E-state index in [4.69, 9.17) is 0 Å². The molecule has 0 spiro atoms. The van der Waals surface area contributed by atoms with E-state index in [1.54, 1.807) is 6.20 Å². The first-order chi connectivity index (χ1) is 8.92.